The Morgan fingerprint density at radius 1 is 1.06 bits per heavy atom. The lowest BCUT2D eigenvalue weighted by molar-refractivity contribution is -0.139. The Bertz CT molecular complexity index is 1030. The lowest BCUT2D eigenvalue weighted by Gasteiger charge is -2.37. The molecule has 0 aliphatic carbocycles. The van der Waals surface area contributed by atoms with Crippen molar-refractivity contribution in [2.45, 2.75) is 19.9 Å². The molecular weight excluding hydrogens is 434 g/mol. The maximum absolute atomic E-state index is 13.1. The minimum Gasteiger partial charge on any atom is -0.494 e. The van der Waals surface area contributed by atoms with E-state index in [1.54, 1.807) is 13.1 Å². The number of para-hydroxylation sites is 1. The summed E-state index contributed by atoms with van der Waals surface area (Å²) in [6, 6.07) is 12.3. The third-order valence-corrected chi connectivity index (χ3v) is 5.91. The molecule has 2 amide bonds. The molecular formula is C25H31N5O4. The highest BCUT2D eigenvalue weighted by Crippen LogP contribution is 2.34. The van der Waals surface area contributed by atoms with E-state index >= 15 is 0 Å². The highest BCUT2D eigenvalue weighted by molar-refractivity contribution is 5.95. The Balaban J connectivity index is 1.60. The molecule has 0 saturated carbocycles. The number of hydrogen-bond donors (Lipinski definition) is 2. The SMILES string of the molecule is CCOC(=O)C1=C(CN2CCN(c3ccccn3)CC2)NC(=O)N[C@H]1c1ccccc1OCC. The summed E-state index contributed by atoms with van der Waals surface area (Å²) in [7, 11) is 0. The van der Waals surface area contributed by atoms with E-state index < -0.39 is 12.0 Å². The van der Waals surface area contributed by atoms with Crippen molar-refractivity contribution in [2.24, 2.45) is 0 Å². The van der Waals surface area contributed by atoms with Gasteiger partial charge in [0.15, 0.2) is 0 Å². The van der Waals surface area contributed by atoms with E-state index in [0.29, 0.717) is 30.2 Å². The molecule has 34 heavy (non-hydrogen) atoms. The molecule has 4 rings (SSSR count). The number of nitrogens with one attached hydrogen (secondary N) is 2. The minimum atomic E-state index is -0.666. The monoisotopic (exact) mass is 465 g/mol. The first-order chi connectivity index (χ1) is 16.6. The normalized spacial score (nSPS) is 18.8. The van der Waals surface area contributed by atoms with Gasteiger partial charge in [-0.1, -0.05) is 24.3 Å². The number of carbonyl (C=O) groups is 2. The van der Waals surface area contributed by atoms with Crippen LogP contribution in [0.5, 0.6) is 5.75 Å². The van der Waals surface area contributed by atoms with Crippen LogP contribution in [0.4, 0.5) is 10.6 Å². The van der Waals surface area contributed by atoms with E-state index in [1.807, 2.05) is 49.4 Å². The molecule has 1 atom stereocenters. The highest BCUT2D eigenvalue weighted by atomic mass is 16.5. The number of nitrogens with zero attached hydrogens (tertiary/aromatic N) is 3. The molecule has 2 aliphatic rings. The lowest BCUT2D eigenvalue weighted by atomic mass is 9.94. The van der Waals surface area contributed by atoms with Crippen LogP contribution in [-0.4, -0.2) is 67.8 Å². The minimum absolute atomic E-state index is 0.242. The quantitative estimate of drug-likeness (QED) is 0.578. The second kappa shape index (κ2) is 11.0. The van der Waals surface area contributed by atoms with Crippen LogP contribution in [0.2, 0.25) is 0 Å². The van der Waals surface area contributed by atoms with Crippen LogP contribution in [0.25, 0.3) is 0 Å². The van der Waals surface area contributed by atoms with E-state index in [0.717, 1.165) is 37.6 Å². The first-order valence-corrected chi connectivity index (χ1v) is 11.7. The van der Waals surface area contributed by atoms with Crippen LogP contribution in [0.15, 0.2) is 59.9 Å². The number of benzene rings is 1. The second-order valence-corrected chi connectivity index (χ2v) is 8.07. The molecule has 1 saturated heterocycles. The van der Waals surface area contributed by atoms with Gasteiger partial charge in [-0.25, -0.2) is 14.6 Å². The molecule has 1 fully saturated rings. The maximum Gasteiger partial charge on any atom is 0.338 e. The molecule has 180 valence electrons. The van der Waals surface area contributed by atoms with E-state index in [4.69, 9.17) is 9.47 Å². The number of aromatic nitrogens is 1. The molecule has 2 aromatic rings. The summed E-state index contributed by atoms with van der Waals surface area (Å²) in [5, 5.41) is 5.76. The summed E-state index contributed by atoms with van der Waals surface area (Å²) in [6.45, 7) is 7.99. The van der Waals surface area contributed by atoms with E-state index in [2.05, 4.69) is 25.4 Å². The largest absolute Gasteiger partial charge is 0.494 e. The van der Waals surface area contributed by atoms with Crippen molar-refractivity contribution in [3.63, 3.8) is 0 Å². The predicted molar refractivity (Wildman–Crippen MR) is 129 cm³/mol. The molecule has 1 aromatic carbocycles. The summed E-state index contributed by atoms with van der Waals surface area (Å²) in [6.07, 6.45) is 1.79. The zero-order valence-electron chi connectivity index (χ0n) is 19.6. The van der Waals surface area contributed by atoms with Crippen molar-refractivity contribution >= 4 is 17.8 Å². The number of esters is 1. The highest BCUT2D eigenvalue weighted by Gasteiger charge is 2.36. The first-order valence-electron chi connectivity index (χ1n) is 11.7. The van der Waals surface area contributed by atoms with Crippen molar-refractivity contribution in [3.8, 4) is 5.75 Å². The second-order valence-electron chi connectivity index (χ2n) is 8.07. The Labute approximate surface area is 199 Å². The Hall–Kier alpha value is -3.59. The summed E-state index contributed by atoms with van der Waals surface area (Å²) in [4.78, 5) is 34.6. The van der Waals surface area contributed by atoms with Gasteiger partial charge in [-0.05, 0) is 32.0 Å². The van der Waals surface area contributed by atoms with Gasteiger partial charge in [0.25, 0.3) is 0 Å². The summed E-state index contributed by atoms with van der Waals surface area (Å²) in [5.41, 5.74) is 1.69. The van der Waals surface area contributed by atoms with Crippen molar-refractivity contribution in [1.82, 2.24) is 20.5 Å². The number of carbonyl (C=O) groups excluding carboxylic acids is 2. The van der Waals surface area contributed by atoms with Crippen LogP contribution in [0, 0.1) is 0 Å². The molecule has 0 bridgehead atoms. The van der Waals surface area contributed by atoms with Gasteiger partial charge in [0.05, 0.1) is 24.8 Å². The first kappa shape index (κ1) is 23.6. The Morgan fingerprint density at radius 3 is 2.53 bits per heavy atom. The Morgan fingerprint density at radius 2 is 1.82 bits per heavy atom. The van der Waals surface area contributed by atoms with Crippen molar-refractivity contribution < 1.29 is 19.1 Å². The van der Waals surface area contributed by atoms with Crippen LogP contribution < -0.4 is 20.3 Å². The number of amides is 2. The van der Waals surface area contributed by atoms with Gasteiger partial charge in [-0.3, -0.25) is 4.90 Å². The van der Waals surface area contributed by atoms with E-state index in [9.17, 15) is 9.59 Å². The van der Waals surface area contributed by atoms with Crippen molar-refractivity contribution in [1.29, 1.82) is 0 Å². The smallest absolute Gasteiger partial charge is 0.338 e. The molecule has 0 radical (unpaired) electrons. The standard InChI is InChI=1S/C25H31N5O4/c1-3-33-20-10-6-5-9-18(20)23-22(24(31)34-4-2)19(27-25(32)28-23)17-29-13-15-30(16-14-29)21-11-7-8-12-26-21/h5-12,23H,3-4,13-17H2,1-2H3,(H2,27,28,32)/t23-/m0/s1. The molecule has 3 heterocycles. The number of anilines is 1. The van der Waals surface area contributed by atoms with Gasteiger partial charge >= 0.3 is 12.0 Å². The third-order valence-electron chi connectivity index (χ3n) is 5.91. The van der Waals surface area contributed by atoms with Crippen molar-refractivity contribution in [3.05, 3.63) is 65.5 Å². The van der Waals surface area contributed by atoms with Gasteiger partial charge in [0.2, 0.25) is 0 Å². The number of piperazine rings is 1. The molecule has 0 unspecified atom stereocenters. The third kappa shape index (κ3) is 5.31. The van der Waals surface area contributed by atoms with E-state index in [-0.39, 0.29) is 12.6 Å². The predicted octanol–water partition coefficient (Wildman–Crippen LogP) is 2.47. The van der Waals surface area contributed by atoms with Gasteiger partial charge in [-0.15, -0.1) is 0 Å². The number of rotatable bonds is 8. The number of urea groups is 1. The molecule has 0 spiro atoms. The average molecular weight is 466 g/mol. The fraction of sp³-hybridized carbons (Fsp3) is 0.400. The fourth-order valence-corrected chi connectivity index (χ4v) is 4.33. The molecule has 9 heteroatoms. The number of ether oxygens (including phenoxy) is 2. The lowest BCUT2D eigenvalue weighted by Crippen LogP contribution is -2.52. The van der Waals surface area contributed by atoms with E-state index in [1.165, 1.54) is 0 Å². The van der Waals surface area contributed by atoms with Gasteiger partial charge in [-0.2, -0.15) is 0 Å². The zero-order valence-corrected chi connectivity index (χ0v) is 19.6. The summed E-state index contributed by atoms with van der Waals surface area (Å²) in [5.74, 6) is 1.13. The van der Waals surface area contributed by atoms with Crippen LogP contribution >= 0.6 is 0 Å². The van der Waals surface area contributed by atoms with Crippen molar-refractivity contribution in [2.75, 3.05) is 50.8 Å². The number of hydrogen-bond acceptors (Lipinski definition) is 7. The molecule has 2 N–H and O–H groups in total. The van der Waals surface area contributed by atoms with Crippen LogP contribution in [0.3, 0.4) is 0 Å². The van der Waals surface area contributed by atoms with Gasteiger partial charge in [0.1, 0.15) is 11.6 Å². The number of pyridine rings is 1. The maximum atomic E-state index is 13.1. The van der Waals surface area contributed by atoms with Crippen LogP contribution in [-0.2, 0) is 9.53 Å². The molecule has 2 aliphatic heterocycles. The topological polar surface area (TPSA) is 96.0 Å². The fourth-order valence-electron chi connectivity index (χ4n) is 4.33. The van der Waals surface area contributed by atoms with Gasteiger partial charge in [0, 0.05) is 50.2 Å². The Kier molecular flexibility index (Phi) is 7.64. The molecule has 9 nitrogen and oxygen atoms in total. The zero-order chi connectivity index (χ0) is 23.9. The molecule has 1 aromatic heterocycles. The van der Waals surface area contributed by atoms with Crippen LogP contribution in [0.1, 0.15) is 25.5 Å². The summed E-state index contributed by atoms with van der Waals surface area (Å²) < 4.78 is 11.2. The van der Waals surface area contributed by atoms with Gasteiger partial charge < -0.3 is 25.0 Å². The average Bonchev–Trinajstić information content (AvgIpc) is 2.85. The summed E-state index contributed by atoms with van der Waals surface area (Å²) >= 11 is 0.